The van der Waals surface area contributed by atoms with E-state index in [1.54, 1.807) is 4.90 Å². The molecule has 1 aromatic heterocycles. The van der Waals surface area contributed by atoms with Crippen LogP contribution >= 0.6 is 0 Å². The van der Waals surface area contributed by atoms with Gasteiger partial charge in [0.25, 0.3) is 5.91 Å². The van der Waals surface area contributed by atoms with E-state index in [4.69, 9.17) is 9.26 Å². The Morgan fingerprint density at radius 3 is 2.79 bits per heavy atom. The lowest BCUT2D eigenvalue weighted by Crippen LogP contribution is -2.53. The number of fused-ring (bicyclic) bond motifs is 1. The summed E-state index contributed by atoms with van der Waals surface area (Å²) in [5.41, 5.74) is 1.06. The first-order valence-electron chi connectivity index (χ1n) is 7.87. The van der Waals surface area contributed by atoms with Crippen molar-refractivity contribution in [2.75, 3.05) is 19.7 Å². The average molecular weight is 327 g/mol. The van der Waals surface area contributed by atoms with Gasteiger partial charge in [-0.25, -0.2) is 0 Å². The molecule has 0 radical (unpaired) electrons. The summed E-state index contributed by atoms with van der Waals surface area (Å²) in [5, 5.41) is 3.57. The number of likely N-dealkylation sites (tertiary alicyclic amines) is 1. The number of benzene rings is 1. The maximum absolute atomic E-state index is 12.4. The zero-order valence-electron chi connectivity index (χ0n) is 13.0. The molecule has 2 atom stereocenters. The Hall–Kier alpha value is -2.67. The average Bonchev–Trinajstić information content (AvgIpc) is 3.27. The zero-order valence-corrected chi connectivity index (χ0v) is 13.0. The van der Waals surface area contributed by atoms with Crippen LogP contribution < -0.4 is 0 Å². The Balaban J connectivity index is 1.52. The van der Waals surface area contributed by atoms with Crippen molar-refractivity contribution < 1.29 is 18.8 Å². The molecule has 0 N–H and O–H groups in total. The smallest absolute Gasteiger partial charge is 0.292 e. The summed E-state index contributed by atoms with van der Waals surface area (Å²) in [6.45, 7) is 1.46. The Labute approximate surface area is 138 Å². The van der Waals surface area contributed by atoms with Crippen LogP contribution in [0.5, 0.6) is 0 Å². The van der Waals surface area contributed by atoms with E-state index in [-0.39, 0.29) is 36.3 Å². The van der Waals surface area contributed by atoms with Gasteiger partial charge in [0.05, 0.1) is 18.3 Å². The second kappa shape index (κ2) is 6.09. The molecule has 4 rings (SSSR count). The maximum atomic E-state index is 12.4. The predicted octanol–water partition coefficient (Wildman–Crippen LogP) is 0.927. The van der Waals surface area contributed by atoms with Crippen molar-refractivity contribution in [3.8, 4) is 0 Å². The summed E-state index contributed by atoms with van der Waals surface area (Å²) in [6.07, 6.45) is 1.27. The molecule has 124 valence electrons. The highest BCUT2D eigenvalue weighted by atomic mass is 16.5. The molecule has 2 aliphatic rings. The van der Waals surface area contributed by atoms with Crippen molar-refractivity contribution in [3.05, 3.63) is 53.9 Å². The fourth-order valence-electron chi connectivity index (χ4n) is 3.30. The number of nitrogens with zero attached hydrogens (tertiary/aromatic N) is 3. The van der Waals surface area contributed by atoms with Crippen molar-refractivity contribution in [2.24, 2.45) is 0 Å². The molecule has 7 heteroatoms. The molecular weight excluding hydrogens is 310 g/mol. The number of morpholine rings is 1. The van der Waals surface area contributed by atoms with Crippen molar-refractivity contribution in [2.45, 2.75) is 18.7 Å². The molecule has 0 saturated carbocycles. The largest absolute Gasteiger partial charge is 0.364 e. The van der Waals surface area contributed by atoms with Crippen LogP contribution in [-0.2, 0) is 16.1 Å². The van der Waals surface area contributed by atoms with Crippen LogP contribution in [-0.4, -0.2) is 58.6 Å². The van der Waals surface area contributed by atoms with Crippen LogP contribution in [0.3, 0.4) is 0 Å². The highest BCUT2D eigenvalue weighted by Crippen LogP contribution is 2.26. The summed E-state index contributed by atoms with van der Waals surface area (Å²) in [5.74, 6) is -0.0683. The van der Waals surface area contributed by atoms with E-state index in [0.717, 1.165) is 5.56 Å². The van der Waals surface area contributed by atoms with Gasteiger partial charge in [-0.15, -0.1) is 0 Å². The molecule has 2 unspecified atom stereocenters. The van der Waals surface area contributed by atoms with Crippen molar-refractivity contribution in [1.82, 2.24) is 15.0 Å². The van der Waals surface area contributed by atoms with E-state index in [1.807, 2.05) is 35.2 Å². The SMILES string of the molecule is O=C(c1ccno1)N1CC2OCC(=O)N(Cc3ccccc3)C2C1. The molecule has 0 aliphatic carbocycles. The highest BCUT2D eigenvalue weighted by Gasteiger charge is 2.45. The molecule has 3 heterocycles. The van der Waals surface area contributed by atoms with E-state index in [1.165, 1.54) is 12.3 Å². The first-order chi connectivity index (χ1) is 11.7. The van der Waals surface area contributed by atoms with Gasteiger partial charge in [-0.05, 0) is 5.56 Å². The van der Waals surface area contributed by atoms with Gasteiger partial charge < -0.3 is 19.1 Å². The molecule has 0 spiro atoms. The maximum Gasteiger partial charge on any atom is 0.292 e. The third kappa shape index (κ3) is 2.67. The Morgan fingerprint density at radius 2 is 2.04 bits per heavy atom. The van der Waals surface area contributed by atoms with E-state index >= 15 is 0 Å². The number of amides is 2. The number of carbonyl (C=O) groups excluding carboxylic acids is 2. The van der Waals surface area contributed by atoms with E-state index in [0.29, 0.717) is 19.6 Å². The Morgan fingerprint density at radius 1 is 1.21 bits per heavy atom. The fraction of sp³-hybridized carbons (Fsp3) is 0.353. The number of aromatic nitrogens is 1. The summed E-state index contributed by atoms with van der Waals surface area (Å²) in [7, 11) is 0. The van der Waals surface area contributed by atoms with Gasteiger partial charge in [-0.2, -0.15) is 0 Å². The highest BCUT2D eigenvalue weighted by molar-refractivity contribution is 5.91. The van der Waals surface area contributed by atoms with Crippen LogP contribution in [0.15, 0.2) is 47.1 Å². The molecule has 24 heavy (non-hydrogen) atoms. The van der Waals surface area contributed by atoms with E-state index in [2.05, 4.69) is 5.16 Å². The van der Waals surface area contributed by atoms with Crippen LogP contribution in [0.4, 0.5) is 0 Å². The molecule has 2 aliphatic heterocycles. The predicted molar refractivity (Wildman–Crippen MR) is 82.9 cm³/mol. The van der Waals surface area contributed by atoms with Crippen LogP contribution in [0, 0.1) is 0 Å². The first-order valence-corrected chi connectivity index (χ1v) is 7.87. The molecule has 1 aromatic carbocycles. The number of hydrogen-bond acceptors (Lipinski definition) is 5. The molecule has 2 fully saturated rings. The zero-order chi connectivity index (χ0) is 16.5. The minimum atomic E-state index is -0.224. The summed E-state index contributed by atoms with van der Waals surface area (Å²) < 4.78 is 10.6. The minimum Gasteiger partial charge on any atom is -0.364 e. The summed E-state index contributed by atoms with van der Waals surface area (Å²) in [4.78, 5) is 28.2. The Bertz CT molecular complexity index is 732. The van der Waals surface area contributed by atoms with Gasteiger partial charge in [0.1, 0.15) is 6.61 Å². The number of hydrogen-bond donors (Lipinski definition) is 0. The van der Waals surface area contributed by atoms with Crippen LogP contribution in [0.1, 0.15) is 16.1 Å². The first kappa shape index (κ1) is 14.9. The van der Waals surface area contributed by atoms with Gasteiger partial charge in [-0.1, -0.05) is 35.5 Å². The topological polar surface area (TPSA) is 75.9 Å². The van der Waals surface area contributed by atoms with E-state index < -0.39 is 0 Å². The van der Waals surface area contributed by atoms with Gasteiger partial charge >= 0.3 is 0 Å². The standard InChI is InChI=1S/C17H17N3O4/c21-16-11-23-15-10-19(17(22)14-6-7-18-24-14)9-13(15)20(16)8-12-4-2-1-3-5-12/h1-7,13,15H,8-11H2. The van der Waals surface area contributed by atoms with Gasteiger partial charge in [0.15, 0.2) is 0 Å². The number of rotatable bonds is 3. The molecular formula is C17H17N3O4. The molecule has 2 amide bonds. The minimum absolute atomic E-state index is 0.0472. The molecule has 0 bridgehead atoms. The molecule has 2 aromatic rings. The molecule has 2 saturated heterocycles. The molecule has 7 nitrogen and oxygen atoms in total. The van der Waals surface area contributed by atoms with E-state index in [9.17, 15) is 9.59 Å². The number of carbonyl (C=O) groups is 2. The van der Waals surface area contributed by atoms with Gasteiger partial charge in [-0.3, -0.25) is 9.59 Å². The second-order valence-corrected chi connectivity index (χ2v) is 6.01. The quantitative estimate of drug-likeness (QED) is 0.838. The van der Waals surface area contributed by atoms with Crippen LogP contribution in [0.2, 0.25) is 0 Å². The van der Waals surface area contributed by atoms with Crippen molar-refractivity contribution >= 4 is 11.8 Å². The third-order valence-electron chi connectivity index (χ3n) is 4.51. The lowest BCUT2D eigenvalue weighted by Gasteiger charge is -2.36. The Kier molecular flexibility index (Phi) is 3.78. The van der Waals surface area contributed by atoms with Gasteiger partial charge in [0, 0.05) is 25.7 Å². The normalized spacial score (nSPS) is 23.4. The lowest BCUT2D eigenvalue weighted by atomic mass is 10.1. The second-order valence-electron chi connectivity index (χ2n) is 6.01. The fourth-order valence-corrected chi connectivity index (χ4v) is 3.30. The van der Waals surface area contributed by atoms with Crippen LogP contribution in [0.25, 0.3) is 0 Å². The third-order valence-corrected chi connectivity index (χ3v) is 4.51. The summed E-state index contributed by atoms with van der Waals surface area (Å²) in [6, 6.07) is 11.2. The van der Waals surface area contributed by atoms with Crippen molar-refractivity contribution in [1.29, 1.82) is 0 Å². The van der Waals surface area contributed by atoms with Crippen molar-refractivity contribution in [3.63, 3.8) is 0 Å². The number of ether oxygens (including phenoxy) is 1. The monoisotopic (exact) mass is 327 g/mol. The lowest BCUT2D eigenvalue weighted by molar-refractivity contribution is -0.153. The van der Waals surface area contributed by atoms with Gasteiger partial charge in [0.2, 0.25) is 11.7 Å². The summed E-state index contributed by atoms with van der Waals surface area (Å²) >= 11 is 0.